The Balaban J connectivity index is 1.74. The molecule has 7 heteroatoms. The second kappa shape index (κ2) is 9.06. The van der Waals surface area contributed by atoms with Crippen LogP contribution in [0.3, 0.4) is 0 Å². The molecule has 2 saturated carbocycles. The molecule has 2 aliphatic rings. The number of anilines is 1. The van der Waals surface area contributed by atoms with Crippen molar-refractivity contribution >= 4 is 22.6 Å². The molecule has 2 fully saturated rings. The van der Waals surface area contributed by atoms with E-state index in [0.29, 0.717) is 11.2 Å². The number of hydrogen-bond donors (Lipinski definition) is 2. The van der Waals surface area contributed by atoms with Gasteiger partial charge in [0.25, 0.3) is 0 Å². The zero-order chi connectivity index (χ0) is 21.1. The molecule has 0 aliphatic heterocycles. The van der Waals surface area contributed by atoms with Crippen molar-refractivity contribution in [3.8, 4) is 5.75 Å². The van der Waals surface area contributed by atoms with E-state index in [9.17, 15) is 14.0 Å². The lowest BCUT2D eigenvalue weighted by molar-refractivity contribution is -0.137. The maximum Gasteiger partial charge on any atom is 0.306 e. The minimum atomic E-state index is -0.989. The molecule has 0 unspecified atom stereocenters. The lowest BCUT2D eigenvalue weighted by Gasteiger charge is -2.25. The number of hydrogen-bond acceptors (Lipinski definition) is 4. The summed E-state index contributed by atoms with van der Waals surface area (Å²) in [6.45, 7) is -0.0927. The van der Waals surface area contributed by atoms with Crippen molar-refractivity contribution in [1.29, 1.82) is 0 Å². The van der Waals surface area contributed by atoms with Crippen LogP contribution in [0.2, 0.25) is 0 Å². The maximum atomic E-state index is 14.9. The molecule has 30 heavy (non-hydrogen) atoms. The van der Waals surface area contributed by atoms with E-state index in [-0.39, 0.29) is 36.2 Å². The monoisotopic (exact) mass is 416 g/mol. The fraction of sp³-hybridized carbons (Fsp3) is 0.565. The number of nitrogens with one attached hydrogen (secondary N) is 1. The molecule has 1 heterocycles. The third-order valence-electron chi connectivity index (χ3n) is 6.34. The Bertz CT molecular complexity index is 975. The van der Waals surface area contributed by atoms with Crippen molar-refractivity contribution in [2.24, 2.45) is 0 Å². The first-order valence-electron chi connectivity index (χ1n) is 11.0. The van der Waals surface area contributed by atoms with Crippen LogP contribution >= 0.6 is 0 Å². The highest BCUT2D eigenvalue weighted by atomic mass is 19.1. The summed E-state index contributed by atoms with van der Waals surface area (Å²) in [6, 6.07) is 3.55. The minimum absolute atomic E-state index is 0.0861. The summed E-state index contributed by atoms with van der Waals surface area (Å²) in [4.78, 5) is 23.7. The SMILES string of the molecule is O=C(O)CCOc1cn(C2CCCC2)c2cc(NC3CCCCC3)c(F)cc2c1=O. The number of pyridine rings is 1. The predicted molar refractivity (Wildman–Crippen MR) is 114 cm³/mol. The van der Waals surface area contributed by atoms with Gasteiger partial charge in [0.05, 0.1) is 35.8 Å². The molecule has 0 saturated heterocycles. The van der Waals surface area contributed by atoms with E-state index in [1.54, 1.807) is 12.3 Å². The Morgan fingerprint density at radius 2 is 1.83 bits per heavy atom. The number of ether oxygens (including phenoxy) is 1. The van der Waals surface area contributed by atoms with E-state index >= 15 is 0 Å². The van der Waals surface area contributed by atoms with Gasteiger partial charge in [-0.15, -0.1) is 0 Å². The first-order chi connectivity index (χ1) is 14.5. The van der Waals surface area contributed by atoms with Crippen molar-refractivity contribution in [2.45, 2.75) is 76.3 Å². The van der Waals surface area contributed by atoms with Gasteiger partial charge in [-0.2, -0.15) is 0 Å². The fourth-order valence-electron chi connectivity index (χ4n) is 4.76. The van der Waals surface area contributed by atoms with Crippen LogP contribution in [0.5, 0.6) is 5.75 Å². The normalized spacial score (nSPS) is 18.0. The molecule has 2 aromatic rings. The van der Waals surface area contributed by atoms with Gasteiger partial charge in [0.1, 0.15) is 5.82 Å². The van der Waals surface area contributed by atoms with Crippen LogP contribution < -0.4 is 15.5 Å². The van der Waals surface area contributed by atoms with Gasteiger partial charge in [0, 0.05) is 12.1 Å². The van der Waals surface area contributed by atoms with Crippen LogP contribution in [0.25, 0.3) is 10.9 Å². The van der Waals surface area contributed by atoms with Gasteiger partial charge >= 0.3 is 5.97 Å². The van der Waals surface area contributed by atoms with E-state index in [0.717, 1.165) is 51.4 Å². The third-order valence-corrected chi connectivity index (χ3v) is 6.34. The van der Waals surface area contributed by atoms with E-state index in [1.807, 2.05) is 4.57 Å². The van der Waals surface area contributed by atoms with Crippen molar-refractivity contribution in [3.05, 3.63) is 34.4 Å². The molecular formula is C23H29FN2O4. The Labute approximate surface area is 175 Å². The number of nitrogens with zero attached hydrogens (tertiary/aromatic N) is 1. The molecule has 4 rings (SSSR count). The summed E-state index contributed by atoms with van der Waals surface area (Å²) in [7, 11) is 0. The number of benzene rings is 1. The fourth-order valence-corrected chi connectivity index (χ4v) is 4.76. The number of rotatable bonds is 7. The van der Waals surface area contributed by atoms with Crippen LogP contribution in [0.1, 0.15) is 70.3 Å². The molecule has 162 valence electrons. The van der Waals surface area contributed by atoms with Gasteiger partial charge < -0.3 is 19.7 Å². The van der Waals surface area contributed by atoms with Gasteiger partial charge in [-0.3, -0.25) is 9.59 Å². The highest BCUT2D eigenvalue weighted by molar-refractivity contribution is 5.84. The Kier molecular flexibility index (Phi) is 6.25. The lowest BCUT2D eigenvalue weighted by Crippen LogP contribution is -2.23. The first kappa shape index (κ1) is 20.7. The summed E-state index contributed by atoms with van der Waals surface area (Å²) in [5, 5.41) is 12.5. The number of carbonyl (C=O) groups is 1. The summed E-state index contributed by atoms with van der Waals surface area (Å²) >= 11 is 0. The average molecular weight is 416 g/mol. The molecule has 1 aromatic carbocycles. The van der Waals surface area contributed by atoms with Crippen LogP contribution in [0.4, 0.5) is 10.1 Å². The van der Waals surface area contributed by atoms with Crippen LogP contribution in [-0.2, 0) is 4.79 Å². The van der Waals surface area contributed by atoms with Crippen LogP contribution in [0, 0.1) is 5.82 Å². The van der Waals surface area contributed by atoms with E-state index in [2.05, 4.69) is 5.32 Å². The molecule has 0 bridgehead atoms. The van der Waals surface area contributed by atoms with Gasteiger partial charge in [0.2, 0.25) is 5.43 Å². The summed E-state index contributed by atoms with van der Waals surface area (Å²) in [5.41, 5.74) is 0.755. The Morgan fingerprint density at radius 3 is 2.53 bits per heavy atom. The number of halogens is 1. The van der Waals surface area contributed by atoms with E-state index in [4.69, 9.17) is 9.84 Å². The standard InChI is InChI=1S/C23H29FN2O4/c24-18-12-17-20(13-19(18)25-15-6-2-1-3-7-15)26(16-8-4-5-9-16)14-21(23(17)29)30-11-10-22(27)28/h12-16,25H,1-11H2,(H,27,28). The zero-order valence-electron chi connectivity index (χ0n) is 17.2. The molecule has 0 radical (unpaired) electrons. The molecule has 0 amide bonds. The second-order valence-electron chi connectivity index (χ2n) is 8.49. The van der Waals surface area contributed by atoms with Crippen molar-refractivity contribution in [2.75, 3.05) is 11.9 Å². The quantitative estimate of drug-likeness (QED) is 0.674. The molecule has 0 spiro atoms. The van der Waals surface area contributed by atoms with E-state index in [1.165, 1.54) is 12.5 Å². The maximum absolute atomic E-state index is 14.9. The summed E-state index contributed by atoms with van der Waals surface area (Å²) < 4.78 is 22.5. The number of carboxylic acids is 1. The molecule has 6 nitrogen and oxygen atoms in total. The lowest BCUT2D eigenvalue weighted by atomic mass is 9.95. The Morgan fingerprint density at radius 1 is 1.13 bits per heavy atom. The second-order valence-corrected chi connectivity index (χ2v) is 8.49. The zero-order valence-corrected chi connectivity index (χ0v) is 17.2. The minimum Gasteiger partial charge on any atom is -0.487 e. The van der Waals surface area contributed by atoms with Crippen LogP contribution in [0.15, 0.2) is 23.1 Å². The van der Waals surface area contributed by atoms with E-state index < -0.39 is 17.2 Å². The first-order valence-corrected chi connectivity index (χ1v) is 11.0. The highest BCUT2D eigenvalue weighted by Crippen LogP contribution is 2.34. The van der Waals surface area contributed by atoms with Crippen molar-refractivity contribution in [3.63, 3.8) is 0 Å². The Hall–Kier alpha value is -2.57. The largest absolute Gasteiger partial charge is 0.487 e. The smallest absolute Gasteiger partial charge is 0.306 e. The molecule has 2 N–H and O–H groups in total. The average Bonchev–Trinajstić information content (AvgIpc) is 3.26. The topological polar surface area (TPSA) is 80.6 Å². The van der Waals surface area contributed by atoms with Gasteiger partial charge in [-0.25, -0.2) is 4.39 Å². The van der Waals surface area contributed by atoms with Crippen LogP contribution in [-0.4, -0.2) is 28.3 Å². The number of aliphatic carboxylic acids is 1. The number of carboxylic acid groups (broad SMARTS) is 1. The third kappa shape index (κ3) is 4.45. The van der Waals surface area contributed by atoms with Crippen molar-refractivity contribution < 1.29 is 19.0 Å². The van der Waals surface area contributed by atoms with Gasteiger partial charge in [-0.05, 0) is 37.8 Å². The van der Waals surface area contributed by atoms with Gasteiger partial charge in [-0.1, -0.05) is 32.1 Å². The molecular weight excluding hydrogens is 387 g/mol. The highest BCUT2D eigenvalue weighted by Gasteiger charge is 2.23. The number of aromatic nitrogens is 1. The number of fused-ring (bicyclic) bond motifs is 1. The van der Waals surface area contributed by atoms with Crippen molar-refractivity contribution in [1.82, 2.24) is 4.57 Å². The molecule has 0 atom stereocenters. The molecule has 2 aliphatic carbocycles. The summed E-state index contributed by atoms with van der Waals surface area (Å²) in [6.07, 6.45) is 11.3. The molecule has 1 aromatic heterocycles. The predicted octanol–water partition coefficient (Wildman–Crippen LogP) is 4.85. The van der Waals surface area contributed by atoms with Gasteiger partial charge in [0.15, 0.2) is 5.75 Å². The summed E-state index contributed by atoms with van der Waals surface area (Å²) in [5.74, 6) is -1.34.